The number of phenolic OH excluding ortho intramolecular Hbond substituents is 1. The molecule has 16 heteroatoms. The minimum Gasteiger partial charge on any atom is -0.508 e. The number of aromatic nitrogens is 1. The van der Waals surface area contributed by atoms with Crippen LogP contribution in [0.25, 0.3) is 10.9 Å². The minimum absolute atomic E-state index is 0.000624. The number of carboxylic acids is 2. The first kappa shape index (κ1) is 35.8. The number of aromatic hydroxyl groups is 1. The van der Waals surface area contributed by atoms with E-state index in [1.165, 1.54) is 12.1 Å². The van der Waals surface area contributed by atoms with Crippen molar-refractivity contribution in [2.24, 2.45) is 22.2 Å². The molecule has 3 rings (SSSR count). The van der Waals surface area contributed by atoms with Gasteiger partial charge in [0.15, 0.2) is 5.96 Å². The van der Waals surface area contributed by atoms with Crippen LogP contribution in [-0.4, -0.2) is 86.6 Å². The minimum atomic E-state index is -1.32. The molecular weight excluding hydrogens is 612 g/mol. The monoisotopic (exact) mass is 652 g/mol. The maximum Gasteiger partial charge on any atom is 0.326 e. The molecule has 13 N–H and O–H groups in total. The van der Waals surface area contributed by atoms with E-state index in [2.05, 4.69) is 25.9 Å². The third-order valence-electron chi connectivity index (χ3n) is 7.31. The van der Waals surface area contributed by atoms with Crippen LogP contribution in [0.5, 0.6) is 5.75 Å². The molecule has 1 aromatic heterocycles. The van der Waals surface area contributed by atoms with Crippen molar-refractivity contribution >= 4 is 46.5 Å². The van der Waals surface area contributed by atoms with Crippen molar-refractivity contribution in [1.82, 2.24) is 20.9 Å². The topological polar surface area (TPSA) is 288 Å². The number of nitrogens with two attached hydrogens (primary N) is 3. The molecule has 0 aliphatic rings. The van der Waals surface area contributed by atoms with Gasteiger partial charge in [-0.15, -0.1) is 0 Å². The number of hydrogen-bond acceptors (Lipinski definition) is 8. The molecule has 0 aliphatic carbocycles. The maximum atomic E-state index is 13.8. The number of phenols is 1. The number of nitrogens with zero attached hydrogens (tertiary/aromatic N) is 1. The predicted octanol–water partition coefficient (Wildman–Crippen LogP) is -0.557. The fourth-order valence-corrected chi connectivity index (χ4v) is 4.80. The van der Waals surface area contributed by atoms with Crippen molar-refractivity contribution in [3.05, 3.63) is 65.9 Å². The Labute approximate surface area is 269 Å². The first-order valence-electron chi connectivity index (χ1n) is 14.8. The number of guanidine groups is 1. The molecule has 16 nitrogen and oxygen atoms in total. The summed E-state index contributed by atoms with van der Waals surface area (Å²) in [7, 11) is 0. The Balaban J connectivity index is 1.88. The first-order valence-corrected chi connectivity index (χ1v) is 14.8. The molecule has 0 bridgehead atoms. The van der Waals surface area contributed by atoms with Crippen LogP contribution < -0.4 is 33.2 Å². The second-order valence-electron chi connectivity index (χ2n) is 10.9. The summed E-state index contributed by atoms with van der Waals surface area (Å²) >= 11 is 0. The van der Waals surface area contributed by atoms with Crippen LogP contribution in [0, 0.1) is 0 Å². The number of aliphatic carboxylic acids is 2. The van der Waals surface area contributed by atoms with Crippen LogP contribution in [-0.2, 0) is 36.8 Å². The second-order valence-corrected chi connectivity index (χ2v) is 10.9. The summed E-state index contributed by atoms with van der Waals surface area (Å²) in [4.78, 5) is 70.2. The summed E-state index contributed by atoms with van der Waals surface area (Å²) in [6.07, 6.45) is 1.26. The van der Waals surface area contributed by atoms with Crippen LogP contribution in [0.1, 0.15) is 36.8 Å². The fraction of sp³-hybridized carbons (Fsp3) is 0.355. The first-order chi connectivity index (χ1) is 22.3. The van der Waals surface area contributed by atoms with Gasteiger partial charge in [-0.05, 0) is 48.6 Å². The van der Waals surface area contributed by atoms with Gasteiger partial charge >= 0.3 is 11.9 Å². The van der Waals surface area contributed by atoms with E-state index < -0.39 is 53.8 Å². The lowest BCUT2D eigenvalue weighted by atomic mass is 10.0. The van der Waals surface area contributed by atoms with Gasteiger partial charge in [-0.25, -0.2) is 4.79 Å². The zero-order valence-electron chi connectivity index (χ0n) is 25.5. The van der Waals surface area contributed by atoms with Crippen molar-refractivity contribution in [1.29, 1.82) is 0 Å². The number of aliphatic imine (C=N–C) groups is 1. The summed E-state index contributed by atoms with van der Waals surface area (Å²) in [5.41, 5.74) is 18.5. The number of carbonyl (C=O) groups excluding carboxylic acids is 3. The molecule has 0 aliphatic heterocycles. The van der Waals surface area contributed by atoms with Gasteiger partial charge in [-0.2, -0.15) is 0 Å². The molecule has 4 unspecified atom stereocenters. The van der Waals surface area contributed by atoms with Gasteiger partial charge in [0.25, 0.3) is 0 Å². The second kappa shape index (κ2) is 17.2. The van der Waals surface area contributed by atoms with Gasteiger partial charge in [-0.3, -0.25) is 24.2 Å². The Hall–Kier alpha value is -5.64. The number of hydrogen-bond donors (Lipinski definition) is 10. The molecule has 4 atom stereocenters. The lowest BCUT2D eigenvalue weighted by Crippen LogP contribution is -2.58. The van der Waals surface area contributed by atoms with Crippen LogP contribution in [0.2, 0.25) is 0 Å². The number of nitrogens with one attached hydrogen (secondary N) is 4. The molecule has 3 amide bonds. The van der Waals surface area contributed by atoms with Gasteiger partial charge < -0.3 is 53.5 Å². The highest BCUT2D eigenvalue weighted by atomic mass is 16.4. The third kappa shape index (κ3) is 11.3. The number of para-hydroxylation sites is 1. The molecule has 0 saturated heterocycles. The van der Waals surface area contributed by atoms with Gasteiger partial charge in [0, 0.05) is 42.9 Å². The number of carboxylic acid groups (broad SMARTS) is 2. The van der Waals surface area contributed by atoms with E-state index in [-0.39, 0.29) is 56.8 Å². The maximum absolute atomic E-state index is 13.8. The smallest absolute Gasteiger partial charge is 0.326 e. The number of benzene rings is 2. The number of H-pyrrole nitrogens is 1. The van der Waals surface area contributed by atoms with Crippen LogP contribution in [0.3, 0.4) is 0 Å². The Bertz CT molecular complexity index is 1590. The number of fused-ring (bicyclic) bond motifs is 1. The molecule has 0 spiro atoms. The molecular formula is C31H40N8O8. The predicted molar refractivity (Wildman–Crippen MR) is 172 cm³/mol. The van der Waals surface area contributed by atoms with Gasteiger partial charge in [-0.1, -0.05) is 30.3 Å². The van der Waals surface area contributed by atoms with Crippen molar-refractivity contribution in [2.75, 3.05) is 6.54 Å². The van der Waals surface area contributed by atoms with Crippen molar-refractivity contribution in [3.8, 4) is 5.75 Å². The lowest BCUT2D eigenvalue weighted by Gasteiger charge is -2.25. The van der Waals surface area contributed by atoms with E-state index in [0.29, 0.717) is 11.1 Å². The van der Waals surface area contributed by atoms with E-state index >= 15 is 0 Å². The van der Waals surface area contributed by atoms with Gasteiger partial charge in [0.05, 0.1) is 6.04 Å². The van der Waals surface area contributed by atoms with Gasteiger partial charge in [0.2, 0.25) is 17.7 Å². The van der Waals surface area contributed by atoms with E-state index in [1.54, 1.807) is 24.4 Å². The number of rotatable bonds is 18. The highest BCUT2D eigenvalue weighted by Gasteiger charge is 2.31. The summed E-state index contributed by atoms with van der Waals surface area (Å²) in [5, 5.41) is 36.9. The molecule has 252 valence electrons. The molecule has 3 aromatic rings. The van der Waals surface area contributed by atoms with Crippen molar-refractivity contribution in [3.63, 3.8) is 0 Å². The van der Waals surface area contributed by atoms with Crippen LogP contribution >= 0.6 is 0 Å². The van der Waals surface area contributed by atoms with E-state index in [1.807, 2.05) is 18.2 Å². The zero-order valence-corrected chi connectivity index (χ0v) is 25.5. The number of carbonyl (C=O) groups is 5. The number of amides is 3. The summed E-state index contributed by atoms with van der Waals surface area (Å²) < 4.78 is 0. The average molecular weight is 653 g/mol. The zero-order chi connectivity index (χ0) is 34.5. The normalized spacial score (nSPS) is 13.5. The van der Waals surface area contributed by atoms with E-state index in [4.69, 9.17) is 22.3 Å². The van der Waals surface area contributed by atoms with Crippen LogP contribution in [0.15, 0.2) is 59.7 Å². The quantitative estimate of drug-likeness (QED) is 0.0472. The molecule has 0 fully saturated rings. The highest BCUT2D eigenvalue weighted by molar-refractivity contribution is 5.95. The number of aromatic amines is 1. The average Bonchev–Trinajstić information content (AvgIpc) is 3.43. The molecule has 47 heavy (non-hydrogen) atoms. The standard InChI is InChI=1S/C31H40N8O8/c32-21(11-12-26(41)42)27(43)38-24(14-17-7-9-19(40)10-8-17)28(44)39-25(15-18-16-36-22-5-2-1-4-20(18)22)29(45)37-23(30(46)47)6-3-13-35-31(33)34/h1-2,4-5,7-10,16,21,23-25,36,40H,3,6,11-15,32H2,(H,37,45)(H,38,43)(H,39,44)(H,41,42)(H,46,47)(H4,33,34,35). The van der Waals surface area contributed by atoms with E-state index in [0.717, 1.165) is 10.9 Å². The Morgan fingerprint density at radius 3 is 2.06 bits per heavy atom. The lowest BCUT2D eigenvalue weighted by molar-refractivity contribution is -0.142. The van der Waals surface area contributed by atoms with Crippen LogP contribution in [0.4, 0.5) is 0 Å². The van der Waals surface area contributed by atoms with Crippen molar-refractivity contribution < 1.29 is 39.3 Å². The molecule has 0 radical (unpaired) electrons. The third-order valence-corrected chi connectivity index (χ3v) is 7.31. The summed E-state index contributed by atoms with van der Waals surface area (Å²) in [5.74, 6) is -4.96. The molecule has 2 aromatic carbocycles. The van der Waals surface area contributed by atoms with Gasteiger partial charge in [0.1, 0.15) is 23.9 Å². The fourth-order valence-electron chi connectivity index (χ4n) is 4.80. The largest absolute Gasteiger partial charge is 0.508 e. The van der Waals surface area contributed by atoms with Crippen molar-refractivity contribution in [2.45, 2.75) is 62.7 Å². The molecule has 0 saturated carbocycles. The Morgan fingerprint density at radius 2 is 1.43 bits per heavy atom. The molecule has 1 heterocycles. The highest BCUT2D eigenvalue weighted by Crippen LogP contribution is 2.20. The SMILES string of the molecule is NC(N)=NCCCC(NC(=O)C(Cc1c[nH]c2ccccc12)NC(=O)C(Cc1ccc(O)cc1)NC(=O)C(N)CCC(=O)O)C(=O)O. The van der Waals surface area contributed by atoms with E-state index in [9.17, 15) is 34.2 Å². The Morgan fingerprint density at radius 1 is 0.809 bits per heavy atom. The summed E-state index contributed by atoms with van der Waals surface area (Å²) in [6, 6.07) is 8.05. The summed E-state index contributed by atoms with van der Waals surface area (Å²) in [6.45, 7) is 0.144. The Kier molecular flexibility index (Phi) is 13.1.